The molecule has 0 saturated heterocycles. The Kier molecular flexibility index (Phi) is 4.31. The highest BCUT2D eigenvalue weighted by molar-refractivity contribution is 9.09. The Morgan fingerprint density at radius 1 is 1.38 bits per heavy atom. The molecular formula is C13H23BrO2. The lowest BCUT2D eigenvalue weighted by molar-refractivity contribution is -0.143. The number of halogens is 1. The second-order valence-electron chi connectivity index (χ2n) is 5.24. The fraction of sp³-hybridized carbons (Fsp3) is 1.00. The number of hydrogen-bond donors (Lipinski definition) is 0. The minimum atomic E-state index is 0.238. The molecule has 2 saturated carbocycles. The van der Waals surface area contributed by atoms with E-state index >= 15 is 0 Å². The van der Waals surface area contributed by atoms with E-state index in [0.717, 1.165) is 13.2 Å². The van der Waals surface area contributed by atoms with Crippen LogP contribution in [0.1, 0.15) is 46.0 Å². The van der Waals surface area contributed by atoms with Gasteiger partial charge in [0.1, 0.15) is 0 Å². The molecule has 0 radical (unpaired) electrons. The molecule has 3 unspecified atom stereocenters. The van der Waals surface area contributed by atoms with Gasteiger partial charge in [0.15, 0.2) is 0 Å². The monoisotopic (exact) mass is 290 g/mol. The lowest BCUT2D eigenvalue weighted by atomic mass is 9.64. The zero-order valence-electron chi connectivity index (χ0n) is 10.4. The summed E-state index contributed by atoms with van der Waals surface area (Å²) in [7, 11) is 0. The maximum absolute atomic E-state index is 6.14. The molecule has 0 aliphatic heterocycles. The van der Waals surface area contributed by atoms with Crippen LogP contribution in [0, 0.1) is 5.41 Å². The summed E-state index contributed by atoms with van der Waals surface area (Å²) < 4.78 is 11.5. The van der Waals surface area contributed by atoms with Crippen molar-refractivity contribution in [1.29, 1.82) is 0 Å². The molecule has 2 nitrogen and oxygen atoms in total. The summed E-state index contributed by atoms with van der Waals surface area (Å²) in [4.78, 5) is 0.687. The predicted octanol–water partition coefficient (Wildman–Crippen LogP) is 3.52. The first kappa shape index (κ1) is 12.8. The number of alkyl halides is 1. The molecule has 94 valence electrons. The van der Waals surface area contributed by atoms with Crippen molar-refractivity contribution in [1.82, 2.24) is 0 Å². The van der Waals surface area contributed by atoms with Crippen LogP contribution in [-0.2, 0) is 9.47 Å². The normalized spacial score (nSPS) is 33.9. The highest BCUT2D eigenvalue weighted by Crippen LogP contribution is 2.58. The molecular weight excluding hydrogens is 268 g/mol. The van der Waals surface area contributed by atoms with Gasteiger partial charge in [0.2, 0.25) is 0 Å². The third-order valence-electron chi connectivity index (χ3n) is 4.17. The average Bonchev–Trinajstić information content (AvgIpc) is 2.78. The van der Waals surface area contributed by atoms with E-state index in [2.05, 4.69) is 22.9 Å². The molecule has 3 atom stereocenters. The topological polar surface area (TPSA) is 18.5 Å². The van der Waals surface area contributed by atoms with Gasteiger partial charge >= 0.3 is 0 Å². The smallest absolute Gasteiger partial charge is 0.0784 e. The first-order valence-corrected chi connectivity index (χ1v) is 7.48. The van der Waals surface area contributed by atoms with Gasteiger partial charge < -0.3 is 9.47 Å². The highest BCUT2D eigenvalue weighted by atomic mass is 79.9. The van der Waals surface area contributed by atoms with E-state index in [1.165, 1.54) is 32.1 Å². The summed E-state index contributed by atoms with van der Waals surface area (Å²) in [5, 5.41) is 0. The van der Waals surface area contributed by atoms with Crippen molar-refractivity contribution in [3.63, 3.8) is 0 Å². The van der Waals surface area contributed by atoms with E-state index in [9.17, 15) is 0 Å². The van der Waals surface area contributed by atoms with Crippen LogP contribution in [0.25, 0.3) is 0 Å². The maximum atomic E-state index is 6.14. The Hall–Kier alpha value is 0.400. The van der Waals surface area contributed by atoms with Crippen LogP contribution in [-0.4, -0.2) is 30.2 Å². The summed E-state index contributed by atoms with van der Waals surface area (Å²) in [5.74, 6) is 0. The lowest BCUT2D eigenvalue weighted by Crippen LogP contribution is -2.55. The van der Waals surface area contributed by atoms with Crippen LogP contribution >= 0.6 is 15.9 Å². The molecule has 2 aliphatic rings. The Bertz CT molecular complexity index is 226. The molecule has 0 aromatic rings. The van der Waals surface area contributed by atoms with Gasteiger partial charge in [-0.1, -0.05) is 28.8 Å². The summed E-state index contributed by atoms with van der Waals surface area (Å²) in [6.45, 7) is 5.67. The van der Waals surface area contributed by atoms with E-state index in [4.69, 9.17) is 9.47 Å². The minimum absolute atomic E-state index is 0.238. The van der Waals surface area contributed by atoms with Gasteiger partial charge in [-0.2, -0.15) is 0 Å². The maximum Gasteiger partial charge on any atom is 0.0784 e. The van der Waals surface area contributed by atoms with Crippen molar-refractivity contribution in [2.24, 2.45) is 5.41 Å². The predicted molar refractivity (Wildman–Crippen MR) is 69.1 cm³/mol. The molecule has 0 bridgehead atoms. The minimum Gasteiger partial charge on any atom is -0.379 e. The second kappa shape index (κ2) is 5.36. The summed E-state index contributed by atoms with van der Waals surface area (Å²) in [6.07, 6.45) is 7.32. The van der Waals surface area contributed by atoms with E-state index < -0.39 is 0 Å². The zero-order chi connectivity index (χ0) is 11.6. The largest absolute Gasteiger partial charge is 0.379 e. The van der Waals surface area contributed by atoms with Crippen molar-refractivity contribution >= 4 is 15.9 Å². The molecule has 1 spiro atoms. The van der Waals surface area contributed by atoms with E-state index in [1.807, 2.05) is 6.92 Å². The van der Waals surface area contributed by atoms with Gasteiger partial charge in [0.25, 0.3) is 0 Å². The molecule has 0 aromatic heterocycles. The first-order chi connectivity index (χ1) is 7.69. The Morgan fingerprint density at radius 3 is 2.62 bits per heavy atom. The fourth-order valence-electron chi connectivity index (χ4n) is 3.16. The van der Waals surface area contributed by atoms with E-state index in [1.54, 1.807) is 0 Å². The Balaban J connectivity index is 1.82. The van der Waals surface area contributed by atoms with Crippen molar-refractivity contribution < 1.29 is 9.47 Å². The Labute approximate surface area is 107 Å². The van der Waals surface area contributed by atoms with Gasteiger partial charge in [-0.25, -0.2) is 0 Å². The van der Waals surface area contributed by atoms with Crippen LogP contribution in [0.15, 0.2) is 0 Å². The quantitative estimate of drug-likeness (QED) is 0.721. The van der Waals surface area contributed by atoms with Crippen LogP contribution in [0.4, 0.5) is 0 Å². The number of rotatable bonds is 5. The van der Waals surface area contributed by atoms with Gasteiger partial charge in [0.05, 0.1) is 18.8 Å². The van der Waals surface area contributed by atoms with Gasteiger partial charge in [0, 0.05) is 16.8 Å². The lowest BCUT2D eigenvalue weighted by Gasteiger charge is -2.52. The van der Waals surface area contributed by atoms with E-state index in [0.29, 0.717) is 16.3 Å². The highest BCUT2D eigenvalue weighted by Gasteiger charge is 2.55. The van der Waals surface area contributed by atoms with Crippen molar-refractivity contribution in [3.8, 4) is 0 Å². The molecule has 0 N–H and O–H groups in total. The zero-order valence-corrected chi connectivity index (χ0v) is 12.0. The van der Waals surface area contributed by atoms with Crippen molar-refractivity contribution in [2.75, 3.05) is 13.2 Å². The van der Waals surface area contributed by atoms with Gasteiger partial charge in [-0.3, -0.25) is 0 Å². The van der Waals surface area contributed by atoms with Crippen molar-refractivity contribution in [2.45, 2.75) is 63.0 Å². The van der Waals surface area contributed by atoms with Crippen LogP contribution in [0.2, 0.25) is 0 Å². The fourth-order valence-corrected chi connectivity index (χ4v) is 4.25. The third kappa shape index (κ3) is 2.32. The molecule has 0 amide bonds. The molecule has 0 heterocycles. The molecule has 16 heavy (non-hydrogen) atoms. The Morgan fingerprint density at radius 2 is 2.06 bits per heavy atom. The van der Waals surface area contributed by atoms with Gasteiger partial charge in [-0.05, 0) is 33.1 Å². The summed E-state index contributed by atoms with van der Waals surface area (Å²) in [6, 6.07) is 0. The third-order valence-corrected chi connectivity index (χ3v) is 5.46. The van der Waals surface area contributed by atoms with Crippen LogP contribution < -0.4 is 0 Å². The molecule has 2 aliphatic carbocycles. The summed E-state index contributed by atoms with van der Waals surface area (Å²) >= 11 is 3.82. The molecule has 3 heteroatoms. The van der Waals surface area contributed by atoms with Gasteiger partial charge in [-0.15, -0.1) is 0 Å². The number of hydrogen-bond acceptors (Lipinski definition) is 2. The second-order valence-corrected chi connectivity index (χ2v) is 6.34. The summed E-state index contributed by atoms with van der Waals surface area (Å²) in [5.41, 5.74) is 0.459. The molecule has 2 fully saturated rings. The SMILES string of the molecule is CCOCC(C)OC1CC(Br)C12CCCC2. The van der Waals surface area contributed by atoms with E-state index in [-0.39, 0.29) is 6.10 Å². The molecule has 0 aromatic carbocycles. The number of ether oxygens (including phenoxy) is 2. The average molecular weight is 291 g/mol. The van der Waals surface area contributed by atoms with Crippen molar-refractivity contribution in [3.05, 3.63) is 0 Å². The first-order valence-electron chi connectivity index (χ1n) is 6.56. The molecule has 2 rings (SSSR count). The standard InChI is InChI=1S/C13H23BrO2/c1-3-15-9-10(2)16-12-8-11(14)13(12)6-4-5-7-13/h10-12H,3-9H2,1-2H3. The van der Waals surface area contributed by atoms with Crippen LogP contribution in [0.5, 0.6) is 0 Å². The van der Waals surface area contributed by atoms with Crippen LogP contribution in [0.3, 0.4) is 0 Å².